The largest absolute Gasteiger partial charge is 0.481 e. The maximum atomic E-state index is 11.4. The summed E-state index contributed by atoms with van der Waals surface area (Å²) in [6.07, 6.45) is 0.101. The van der Waals surface area contributed by atoms with Gasteiger partial charge in [0.1, 0.15) is 0 Å². The highest BCUT2D eigenvalue weighted by Gasteiger charge is 2.21. The number of benzene rings is 2. The van der Waals surface area contributed by atoms with Gasteiger partial charge in [0, 0.05) is 5.92 Å². The first-order valence-corrected chi connectivity index (χ1v) is 8.91. The zero-order chi connectivity index (χ0) is 18.8. The van der Waals surface area contributed by atoms with Gasteiger partial charge in [-0.05, 0) is 33.1 Å². The molecule has 0 saturated heterocycles. The molecule has 0 bridgehead atoms. The second kappa shape index (κ2) is 7.03. The number of rotatable bonds is 4. The van der Waals surface area contributed by atoms with Gasteiger partial charge in [-0.25, -0.2) is 0 Å². The van der Waals surface area contributed by atoms with Gasteiger partial charge in [0.25, 0.3) is 0 Å². The smallest absolute Gasteiger partial charge is 0.304 e. The molecular formula is C23H30O2. The molecule has 0 radical (unpaired) electrons. The van der Waals surface area contributed by atoms with E-state index in [0.717, 1.165) is 11.1 Å². The summed E-state index contributed by atoms with van der Waals surface area (Å²) >= 11 is 0. The first kappa shape index (κ1) is 19.2. The molecule has 0 atom stereocenters. The molecule has 2 aromatic rings. The van der Waals surface area contributed by atoms with Crippen molar-refractivity contribution in [1.82, 2.24) is 0 Å². The van der Waals surface area contributed by atoms with E-state index in [0.29, 0.717) is 0 Å². The number of carboxylic acid groups (broad SMARTS) is 1. The molecule has 0 unspecified atom stereocenters. The van der Waals surface area contributed by atoms with Crippen molar-refractivity contribution in [3.05, 3.63) is 70.8 Å². The second-order valence-electron chi connectivity index (χ2n) is 8.89. The van der Waals surface area contributed by atoms with E-state index in [9.17, 15) is 9.90 Å². The van der Waals surface area contributed by atoms with Gasteiger partial charge in [-0.1, -0.05) is 90.1 Å². The average Bonchev–Trinajstić information content (AvgIpc) is 2.51. The first-order chi connectivity index (χ1) is 11.5. The molecule has 0 aliphatic rings. The van der Waals surface area contributed by atoms with Gasteiger partial charge in [0.15, 0.2) is 0 Å². The summed E-state index contributed by atoms with van der Waals surface area (Å²) in [7, 11) is 0. The van der Waals surface area contributed by atoms with Crippen LogP contribution in [0.1, 0.15) is 76.1 Å². The molecule has 0 saturated carbocycles. The summed E-state index contributed by atoms with van der Waals surface area (Å²) in [5.41, 5.74) is 4.81. The van der Waals surface area contributed by atoms with Crippen molar-refractivity contribution in [3.8, 4) is 0 Å². The van der Waals surface area contributed by atoms with E-state index in [1.54, 1.807) is 0 Å². The van der Waals surface area contributed by atoms with E-state index in [1.165, 1.54) is 11.1 Å². The predicted molar refractivity (Wildman–Crippen MR) is 104 cm³/mol. The molecule has 2 heteroatoms. The molecule has 0 fully saturated rings. The van der Waals surface area contributed by atoms with Crippen LogP contribution in [0.15, 0.2) is 48.5 Å². The molecule has 2 nitrogen and oxygen atoms in total. The van der Waals surface area contributed by atoms with Gasteiger partial charge in [0.05, 0.1) is 6.42 Å². The van der Waals surface area contributed by atoms with Crippen LogP contribution in [0.3, 0.4) is 0 Å². The van der Waals surface area contributed by atoms with Crippen LogP contribution in [0.5, 0.6) is 0 Å². The average molecular weight is 338 g/mol. The molecule has 25 heavy (non-hydrogen) atoms. The van der Waals surface area contributed by atoms with E-state index in [2.05, 4.69) is 90.1 Å². The van der Waals surface area contributed by atoms with Crippen LogP contribution < -0.4 is 0 Å². The fourth-order valence-electron chi connectivity index (χ4n) is 3.03. The molecule has 2 aromatic carbocycles. The lowest BCUT2D eigenvalue weighted by Gasteiger charge is -2.23. The molecule has 0 aliphatic heterocycles. The van der Waals surface area contributed by atoms with Gasteiger partial charge in [-0.15, -0.1) is 0 Å². The van der Waals surface area contributed by atoms with Crippen molar-refractivity contribution in [2.24, 2.45) is 0 Å². The number of hydrogen-bond donors (Lipinski definition) is 1. The standard InChI is InChI=1S/C23H30O2/c1-22(2,3)18-11-7-16(8-12-18)20(15-21(24)25)17-9-13-19(14-10-17)23(4,5)6/h7-14,20H,15H2,1-6H3,(H,24,25). The van der Waals surface area contributed by atoms with E-state index in [1.807, 2.05) is 0 Å². The monoisotopic (exact) mass is 338 g/mol. The van der Waals surface area contributed by atoms with Crippen molar-refractivity contribution in [3.63, 3.8) is 0 Å². The number of aliphatic carboxylic acids is 1. The fraction of sp³-hybridized carbons (Fsp3) is 0.435. The van der Waals surface area contributed by atoms with Crippen LogP contribution in [0.4, 0.5) is 0 Å². The minimum atomic E-state index is -0.773. The Labute approximate surface area is 151 Å². The Hall–Kier alpha value is -2.09. The fourth-order valence-corrected chi connectivity index (χ4v) is 3.03. The van der Waals surface area contributed by atoms with Crippen LogP contribution in [-0.2, 0) is 15.6 Å². The Balaban J connectivity index is 2.38. The van der Waals surface area contributed by atoms with Gasteiger partial charge in [-0.3, -0.25) is 4.79 Å². The number of hydrogen-bond acceptors (Lipinski definition) is 1. The molecule has 0 aromatic heterocycles. The predicted octanol–water partition coefficient (Wildman–Crippen LogP) is 5.89. The first-order valence-electron chi connectivity index (χ1n) is 8.91. The van der Waals surface area contributed by atoms with Gasteiger partial charge in [-0.2, -0.15) is 0 Å². The highest BCUT2D eigenvalue weighted by molar-refractivity contribution is 5.69. The SMILES string of the molecule is CC(C)(C)c1ccc(C(CC(=O)O)c2ccc(C(C)(C)C)cc2)cc1. The molecule has 0 amide bonds. The summed E-state index contributed by atoms with van der Waals surface area (Å²) in [5.74, 6) is -0.898. The lowest BCUT2D eigenvalue weighted by atomic mass is 9.82. The summed E-state index contributed by atoms with van der Waals surface area (Å²) in [6, 6.07) is 16.8. The lowest BCUT2D eigenvalue weighted by Crippen LogP contribution is -2.13. The molecule has 0 heterocycles. The van der Waals surface area contributed by atoms with Crippen molar-refractivity contribution in [2.75, 3.05) is 0 Å². The van der Waals surface area contributed by atoms with Crippen LogP contribution in [0.25, 0.3) is 0 Å². The summed E-state index contributed by atoms with van der Waals surface area (Å²) in [6.45, 7) is 13.1. The van der Waals surface area contributed by atoms with Crippen LogP contribution in [0.2, 0.25) is 0 Å². The highest BCUT2D eigenvalue weighted by atomic mass is 16.4. The Bertz CT molecular complexity index is 653. The third-order valence-corrected chi connectivity index (χ3v) is 4.74. The summed E-state index contributed by atoms with van der Waals surface area (Å²) < 4.78 is 0. The minimum Gasteiger partial charge on any atom is -0.481 e. The maximum absolute atomic E-state index is 11.4. The van der Waals surface area contributed by atoms with E-state index in [-0.39, 0.29) is 23.2 Å². The van der Waals surface area contributed by atoms with Crippen molar-refractivity contribution in [1.29, 1.82) is 0 Å². The van der Waals surface area contributed by atoms with E-state index < -0.39 is 5.97 Å². The van der Waals surface area contributed by atoms with E-state index in [4.69, 9.17) is 0 Å². The van der Waals surface area contributed by atoms with Crippen molar-refractivity contribution < 1.29 is 9.90 Å². The van der Waals surface area contributed by atoms with E-state index >= 15 is 0 Å². The Kier molecular flexibility index (Phi) is 5.41. The Morgan fingerprint density at radius 2 is 1.08 bits per heavy atom. The normalized spacial score (nSPS) is 12.4. The van der Waals surface area contributed by atoms with Crippen molar-refractivity contribution in [2.45, 2.75) is 64.7 Å². The summed E-state index contributed by atoms with van der Waals surface area (Å²) in [4.78, 5) is 11.4. The molecule has 0 aliphatic carbocycles. The van der Waals surface area contributed by atoms with Gasteiger partial charge < -0.3 is 5.11 Å². The zero-order valence-electron chi connectivity index (χ0n) is 16.3. The molecule has 0 spiro atoms. The highest BCUT2D eigenvalue weighted by Crippen LogP contribution is 2.32. The molecule has 2 rings (SSSR count). The number of carbonyl (C=O) groups is 1. The third kappa shape index (κ3) is 4.94. The molecular weight excluding hydrogens is 308 g/mol. The van der Waals surface area contributed by atoms with Crippen LogP contribution in [0, 0.1) is 0 Å². The number of carboxylic acids is 1. The lowest BCUT2D eigenvalue weighted by molar-refractivity contribution is -0.137. The van der Waals surface area contributed by atoms with Crippen LogP contribution in [-0.4, -0.2) is 11.1 Å². The Morgan fingerprint density at radius 1 is 0.760 bits per heavy atom. The zero-order valence-corrected chi connectivity index (χ0v) is 16.3. The van der Waals surface area contributed by atoms with Crippen LogP contribution >= 0.6 is 0 Å². The minimum absolute atomic E-state index is 0.0924. The topological polar surface area (TPSA) is 37.3 Å². The summed E-state index contributed by atoms with van der Waals surface area (Å²) in [5, 5.41) is 9.37. The van der Waals surface area contributed by atoms with Crippen molar-refractivity contribution >= 4 is 5.97 Å². The van der Waals surface area contributed by atoms with Gasteiger partial charge in [0.2, 0.25) is 0 Å². The Morgan fingerprint density at radius 3 is 1.32 bits per heavy atom. The van der Waals surface area contributed by atoms with Gasteiger partial charge >= 0.3 is 5.97 Å². The molecule has 134 valence electrons. The maximum Gasteiger partial charge on any atom is 0.304 e. The second-order valence-corrected chi connectivity index (χ2v) is 8.89. The molecule has 1 N–H and O–H groups in total. The third-order valence-electron chi connectivity index (χ3n) is 4.74. The quantitative estimate of drug-likeness (QED) is 0.755.